The van der Waals surface area contributed by atoms with Crippen molar-refractivity contribution in [2.45, 2.75) is 37.5 Å². The smallest absolute Gasteiger partial charge is 0.422 e. The Kier molecular flexibility index (Phi) is 4.15. The molecule has 10 heteroatoms. The Bertz CT molecular complexity index is 440. The molecule has 1 aliphatic heterocycles. The molecule has 0 aliphatic carbocycles. The number of aliphatic carboxylic acids is 1. The van der Waals surface area contributed by atoms with Crippen LogP contribution in [0, 0.1) is 0 Å². The van der Waals surface area contributed by atoms with Crippen LogP contribution in [0.2, 0.25) is 0 Å². The van der Waals surface area contributed by atoms with Crippen LogP contribution in [0.4, 0.5) is 18.0 Å². The number of amides is 3. The molecule has 1 rings (SSSR count). The number of primary amides is 1. The Hall–Kier alpha value is -2.00. The summed E-state index contributed by atoms with van der Waals surface area (Å²) in [6, 6.07) is -2.31. The van der Waals surface area contributed by atoms with Crippen molar-refractivity contribution < 1.29 is 32.7 Å². The number of carbonyl (C=O) groups excluding carboxylic acids is 2. The Morgan fingerprint density at radius 2 is 1.90 bits per heavy atom. The van der Waals surface area contributed by atoms with Crippen molar-refractivity contribution in [3.63, 3.8) is 0 Å². The molecule has 1 saturated heterocycles. The van der Waals surface area contributed by atoms with E-state index in [1.165, 1.54) is 5.32 Å². The van der Waals surface area contributed by atoms with Gasteiger partial charge < -0.3 is 21.1 Å². The van der Waals surface area contributed by atoms with Gasteiger partial charge in [0.05, 0.1) is 0 Å². The maximum absolute atomic E-state index is 12.8. The average Bonchev–Trinajstić information content (AvgIpc) is 2.75. The Balaban J connectivity index is 2.93. The van der Waals surface area contributed by atoms with Crippen LogP contribution >= 0.6 is 0 Å². The third-order valence-corrected chi connectivity index (χ3v) is 3.19. The molecule has 0 saturated carbocycles. The highest BCUT2D eigenvalue weighted by molar-refractivity contribution is 5.90. The molecular formula is C10H14F3N3O4. The van der Waals surface area contributed by atoms with Crippen LogP contribution in [0.3, 0.4) is 0 Å². The summed E-state index contributed by atoms with van der Waals surface area (Å²) < 4.78 is 38.3. The molecule has 2 unspecified atom stereocenters. The molecular weight excluding hydrogens is 283 g/mol. The van der Waals surface area contributed by atoms with E-state index in [9.17, 15) is 27.6 Å². The largest absolute Gasteiger partial charge is 0.479 e. The highest BCUT2D eigenvalue weighted by atomic mass is 19.4. The number of alkyl halides is 3. The predicted molar refractivity (Wildman–Crippen MR) is 59.5 cm³/mol. The first-order chi connectivity index (χ1) is 9.00. The van der Waals surface area contributed by atoms with Gasteiger partial charge in [-0.05, 0) is 19.8 Å². The van der Waals surface area contributed by atoms with E-state index in [1.54, 1.807) is 0 Å². The van der Waals surface area contributed by atoms with Crippen molar-refractivity contribution in [1.82, 2.24) is 10.2 Å². The molecule has 114 valence electrons. The molecule has 0 aromatic heterocycles. The number of carbonyl (C=O) groups is 3. The van der Waals surface area contributed by atoms with Crippen molar-refractivity contribution in [3.05, 3.63) is 0 Å². The first-order valence-corrected chi connectivity index (χ1v) is 5.69. The number of rotatable bonds is 3. The number of nitrogens with one attached hydrogen (secondary N) is 1. The van der Waals surface area contributed by atoms with E-state index < -0.39 is 35.7 Å². The molecule has 0 bridgehead atoms. The lowest BCUT2D eigenvalue weighted by Gasteiger charge is -2.32. The minimum absolute atomic E-state index is 0.0347. The predicted octanol–water partition coefficient (Wildman–Crippen LogP) is 0.0513. The Labute approximate surface area is 111 Å². The molecule has 1 aliphatic rings. The Morgan fingerprint density at radius 1 is 1.35 bits per heavy atom. The lowest BCUT2D eigenvalue weighted by molar-refractivity contribution is -0.203. The van der Waals surface area contributed by atoms with Crippen molar-refractivity contribution in [1.29, 1.82) is 0 Å². The number of carboxylic acids is 1. The number of nitrogens with two attached hydrogens (primary N) is 1. The number of hydrogen-bond acceptors (Lipinski definition) is 3. The lowest BCUT2D eigenvalue weighted by Crippen LogP contribution is -2.64. The zero-order valence-corrected chi connectivity index (χ0v) is 10.5. The van der Waals surface area contributed by atoms with E-state index in [1.807, 2.05) is 0 Å². The standard InChI is InChI=1S/C10H14F3N3O4/c1-9(7(18)19,10(11,12)13)15-8(20)16-4-2-3-5(16)6(14)17/h5H,2-4H2,1H3,(H2,14,17)(H,15,20)(H,18,19). The second-order valence-corrected chi connectivity index (χ2v) is 4.61. The normalized spacial score (nSPS) is 22.2. The van der Waals surface area contributed by atoms with Gasteiger partial charge in [-0.1, -0.05) is 0 Å². The van der Waals surface area contributed by atoms with Crippen LogP contribution in [0.15, 0.2) is 0 Å². The summed E-state index contributed by atoms with van der Waals surface area (Å²) in [4.78, 5) is 34.4. The first-order valence-electron chi connectivity index (χ1n) is 5.69. The Morgan fingerprint density at radius 3 is 2.30 bits per heavy atom. The molecule has 0 aromatic carbocycles. The van der Waals surface area contributed by atoms with Crippen molar-refractivity contribution in [3.8, 4) is 0 Å². The summed E-state index contributed by atoms with van der Waals surface area (Å²) in [5.41, 5.74) is 1.60. The van der Waals surface area contributed by atoms with Gasteiger partial charge in [0.25, 0.3) is 0 Å². The number of urea groups is 1. The molecule has 3 amide bonds. The third-order valence-electron chi connectivity index (χ3n) is 3.19. The minimum Gasteiger partial charge on any atom is -0.479 e. The second kappa shape index (κ2) is 5.17. The molecule has 0 aromatic rings. The molecule has 0 radical (unpaired) electrons. The quantitative estimate of drug-likeness (QED) is 0.683. The maximum atomic E-state index is 12.8. The minimum atomic E-state index is -5.18. The van der Waals surface area contributed by atoms with Gasteiger partial charge >= 0.3 is 18.2 Å². The fourth-order valence-corrected chi connectivity index (χ4v) is 1.84. The van der Waals surface area contributed by atoms with Crippen molar-refractivity contribution in [2.24, 2.45) is 5.73 Å². The number of halogens is 3. The van der Waals surface area contributed by atoms with E-state index in [0.29, 0.717) is 13.3 Å². The van der Waals surface area contributed by atoms with Gasteiger partial charge in [0, 0.05) is 6.54 Å². The second-order valence-electron chi connectivity index (χ2n) is 4.61. The van der Waals surface area contributed by atoms with E-state index in [0.717, 1.165) is 4.90 Å². The average molecular weight is 297 g/mol. The zero-order chi connectivity index (χ0) is 15.7. The molecule has 1 fully saturated rings. The fourth-order valence-electron chi connectivity index (χ4n) is 1.84. The molecule has 2 atom stereocenters. The monoisotopic (exact) mass is 297 g/mol. The van der Waals surface area contributed by atoms with Crippen LogP contribution in [-0.4, -0.2) is 52.2 Å². The zero-order valence-electron chi connectivity index (χ0n) is 10.5. The molecule has 20 heavy (non-hydrogen) atoms. The van der Waals surface area contributed by atoms with Crippen LogP contribution < -0.4 is 11.1 Å². The van der Waals surface area contributed by atoms with Gasteiger partial charge in [-0.2, -0.15) is 13.2 Å². The summed E-state index contributed by atoms with van der Waals surface area (Å²) in [7, 11) is 0. The summed E-state index contributed by atoms with van der Waals surface area (Å²) in [6.45, 7) is 0.371. The first kappa shape index (κ1) is 16.1. The van der Waals surface area contributed by atoms with E-state index >= 15 is 0 Å². The van der Waals surface area contributed by atoms with Crippen molar-refractivity contribution >= 4 is 17.9 Å². The van der Waals surface area contributed by atoms with E-state index in [4.69, 9.17) is 10.8 Å². The van der Waals surface area contributed by atoms with E-state index in [-0.39, 0.29) is 13.0 Å². The van der Waals surface area contributed by atoms with Crippen molar-refractivity contribution in [2.75, 3.05) is 6.54 Å². The van der Waals surface area contributed by atoms with E-state index in [2.05, 4.69) is 0 Å². The number of nitrogens with zero attached hydrogens (tertiary/aromatic N) is 1. The van der Waals surface area contributed by atoms with Gasteiger partial charge in [-0.15, -0.1) is 0 Å². The summed E-state index contributed by atoms with van der Waals surface area (Å²) >= 11 is 0. The number of likely N-dealkylation sites (tertiary alicyclic amines) is 1. The van der Waals surface area contributed by atoms with Gasteiger partial charge in [0.2, 0.25) is 11.4 Å². The molecule has 1 heterocycles. The summed E-state index contributed by atoms with van der Waals surface area (Å²) in [6.07, 6.45) is -4.55. The van der Waals surface area contributed by atoms with Crippen LogP contribution in [-0.2, 0) is 9.59 Å². The maximum Gasteiger partial charge on any atom is 0.422 e. The lowest BCUT2D eigenvalue weighted by atomic mass is 10.0. The SMILES string of the molecule is CC(NC(=O)N1CCCC1C(N)=O)(C(=O)O)C(F)(F)F. The van der Waals surface area contributed by atoms with Crippen LogP contribution in [0.25, 0.3) is 0 Å². The summed E-state index contributed by atoms with van der Waals surface area (Å²) in [5.74, 6) is -3.09. The number of carboxylic acid groups (broad SMARTS) is 1. The summed E-state index contributed by atoms with van der Waals surface area (Å²) in [5, 5.41) is 10.1. The highest BCUT2D eigenvalue weighted by Crippen LogP contribution is 2.31. The molecule has 7 nitrogen and oxygen atoms in total. The van der Waals surface area contributed by atoms with Gasteiger partial charge in [-0.25, -0.2) is 9.59 Å². The van der Waals surface area contributed by atoms with Crippen LogP contribution in [0.5, 0.6) is 0 Å². The van der Waals surface area contributed by atoms with Gasteiger partial charge in [0.1, 0.15) is 6.04 Å². The number of hydrogen-bond donors (Lipinski definition) is 3. The topological polar surface area (TPSA) is 113 Å². The molecule has 0 spiro atoms. The highest BCUT2D eigenvalue weighted by Gasteiger charge is 2.59. The third kappa shape index (κ3) is 2.78. The van der Waals surface area contributed by atoms with Gasteiger partial charge in [-0.3, -0.25) is 4.79 Å². The molecule has 4 N–H and O–H groups in total. The fraction of sp³-hybridized carbons (Fsp3) is 0.700. The van der Waals surface area contributed by atoms with Gasteiger partial charge in [0.15, 0.2) is 0 Å². The van der Waals surface area contributed by atoms with Crippen LogP contribution in [0.1, 0.15) is 19.8 Å².